The third-order valence-electron chi connectivity index (χ3n) is 6.23. The summed E-state index contributed by atoms with van der Waals surface area (Å²) in [5.41, 5.74) is 2.72. The molecule has 0 spiro atoms. The van der Waals surface area contributed by atoms with E-state index in [0.717, 1.165) is 5.75 Å². The van der Waals surface area contributed by atoms with Gasteiger partial charge >= 0.3 is 0 Å². The summed E-state index contributed by atoms with van der Waals surface area (Å²) < 4.78 is 5.73. The van der Waals surface area contributed by atoms with Crippen molar-refractivity contribution in [3.63, 3.8) is 0 Å². The number of fused-ring (bicyclic) bond motifs is 3. The van der Waals surface area contributed by atoms with E-state index in [4.69, 9.17) is 4.74 Å². The monoisotopic (exact) mass is 298 g/mol. The first-order valence-corrected chi connectivity index (χ1v) is 9.07. The molecule has 4 rings (SSSR count). The summed E-state index contributed by atoms with van der Waals surface area (Å²) >= 11 is 0. The van der Waals surface area contributed by atoms with Crippen molar-refractivity contribution in [1.29, 1.82) is 0 Å². The fourth-order valence-electron chi connectivity index (χ4n) is 4.75. The predicted molar refractivity (Wildman–Crippen MR) is 93.5 cm³/mol. The van der Waals surface area contributed by atoms with Crippen LogP contribution in [0, 0.1) is 5.41 Å². The Balaban J connectivity index is 1.67. The average Bonchev–Trinajstić information content (AvgIpc) is 2.57. The van der Waals surface area contributed by atoms with E-state index in [-0.39, 0.29) is 0 Å². The molecule has 0 N–H and O–H groups in total. The molecule has 0 saturated heterocycles. The minimum atomic E-state index is 0.470. The van der Waals surface area contributed by atoms with Gasteiger partial charge in [0.15, 0.2) is 0 Å². The van der Waals surface area contributed by atoms with Crippen LogP contribution in [-0.2, 0) is 5.41 Å². The Morgan fingerprint density at radius 3 is 2.18 bits per heavy atom. The van der Waals surface area contributed by atoms with Crippen molar-refractivity contribution in [1.82, 2.24) is 0 Å². The van der Waals surface area contributed by atoms with Crippen LogP contribution in [0.1, 0.15) is 70.8 Å². The largest absolute Gasteiger partial charge is 0.490 e. The van der Waals surface area contributed by atoms with Gasteiger partial charge in [-0.25, -0.2) is 0 Å². The predicted octanol–water partition coefficient (Wildman–Crippen LogP) is 6.03. The smallest absolute Gasteiger partial charge is 0.119 e. The number of ether oxygens (including phenoxy) is 1. The molecule has 1 nitrogen and oxygen atoms in total. The van der Waals surface area contributed by atoms with Crippen molar-refractivity contribution in [2.24, 2.45) is 5.41 Å². The lowest BCUT2D eigenvalue weighted by Gasteiger charge is -2.54. The van der Waals surface area contributed by atoms with Crippen LogP contribution in [0.15, 0.2) is 36.4 Å². The Morgan fingerprint density at radius 2 is 1.64 bits per heavy atom. The van der Waals surface area contributed by atoms with E-state index in [9.17, 15) is 0 Å². The van der Waals surface area contributed by atoms with Crippen LogP contribution >= 0.6 is 0 Å². The normalized spacial score (nSPS) is 30.8. The Labute approximate surface area is 135 Å². The van der Waals surface area contributed by atoms with Gasteiger partial charge in [0.2, 0.25) is 0 Å². The fraction of sp³-hybridized carbons (Fsp3) is 0.619. The molecule has 0 aliphatic heterocycles. The molecule has 0 aromatic heterocycles. The third-order valence-corrected chi connectivity index (χ3v) is 6.23. The van der Waals surface area contributed by atoms with Gasteiger partial charge in [-0.2, -0.15) is 0 Å². The summed E-state index contributed by atoms with van der Waals surface area (Å²) in [6.07, 6.45) is 15.4. The molecule has 2 bridgehead atoms. The van der Waals surface area contributed by atoms with Crippen LogP contribution in [0.2, 0.25) is 0 Å². The highest BCUT2D eigenvalue weighted by Crippen LogP contribution is 2.59. The van der Waals surface area contributed by atoms with E-state index >= 15 is 0 Å². The van der Waals surface area contributed by atoms with Gasteiger partial charge < -0.3 is 4.74 Å². The van der Waals surface area contributed by atoms with E-state index in [1.807, 2.05) is 19.1 Å². The molecule has 0 unspecified atom stereocenters. The zero-order chi connectivity index (χ0) is 15.5. The van der Waals surface area contributed by atoms with Crippen molar-refractivity contribution in [2.75, 3.05) is 6.61 Å². The van der Waals surface area contributed by atoms with Gasteiger partial charge in [-0.3, -0.25) is 0 Å². The summed E-state index contributed by atoms with van der Waals surface area (Å²) in [5.74, 6) is 0.991. The molecule has 1 heteroatoms. The molecule has 0 atom stereocenters. The maximum atomic E-state index is 5.73. The van der Waals surface area contributed by atoms with Crippen LogP contribution < -0.4 is 4.74 Å². The molecule has 3 aliphatic carbocycles. The molecule has 3 fully saturated rings. The highest BCUT2D eigenvalue weighted by atomic mass is 16.5. The summed E-state index contributed by atoms with van der Waals surface area (Å²) in [4.78, 5) is 0. The lowest BCUT2D eigenvalue weighted by molar-refractivity contribution is 0.0320. The van der Waals surface area contributed by atoms with Gasteiger partial charge in [0.25, 0.3) is 0 Å². The lowest BCUT2D eigenvalue weighted by atomic mass is 9.51. The van der Waals surface area contributed by atoms with Gasteiger partial charge in [-0.1, -0.05) is 37.6 Å². The summed E-state index contributed by atoms with van der Waals surface area (Å²) in [6.45, 7) is 5.04. The van der Waals surface area contributed by atoms with Crippen LogP contribution in [0.4, 0.5) is 0 Å². The summed E-state index contributed by atoms with van der Waals surface area (Å²) in [7, 11) is 0. The van der Waals surface area contributed by atoms with Crippen molar-refractivity contribution < 1.29 is 4.74 Å². The van der Waals surface area contributed by atoms with Crippen LogP contribution in [0.5, 0.6) is 5.75 Å². The first kappa shape index (κ1) is 15.6. The van der Waals surface area contributed by atoms with E-state index in [0.29, 0.717) is 17.4 Å². The number of hydrogen-bond donors (Lipinski definition) is 0. The molecule has 22 heavy (non-hydrogen) atoms. The van der Waals surface area contributed by atoms with Gasteiger partial charge in [0.05, 0.1) is 0 Å². The third kappa shape index (κ3) is 2.95. The van der Waals surface area contributed by atoms with Gasteiger partial charge in [0.1, 0.15) is 12.4 Å². The minimum absolute atomic E-state index is 0.470. The Morgan fingerprint density at radius 1 is 1.00 bits per heavy atom. The average molecular weight is 298 g/mol. The fourth-order valence-corrected chi connectivity index (χ4v) is 4.75. The van der Waals surface area contributed by atoms with E-state index < -0.39 is 0 Å². The highest BCUT2D eigenvalue weighted by molar-refractivity contribution is 5.34. The molecular weight excluding hydrogens is 268 g/mol. The minimum Gasteiger partial charge on any atom is -0.490 e. The lowest BCUT2D eigenvalue weighted by Crippen LogP contribution is -2.44. The van der Waals surface area contributed by atoms with E-state index in [1.165, 1.54) is 51.4 Å². The number of rotatable bonds is 6. The zero-order valence-electron chi connectivity index (χ0n) is 14.2. The number of benzene rings is 1. The van der Waals surface area contributed by atoms with Crippen LogP contribution in [-0.4, -0.2) is 6.61 Å². The second-order valence-corrected chi connectivity index (χ2v) is 7.43. The Kier molecular flexibility index (Phi) is 4.61. The maximum absolute atomic E-state index is 5.73. The molecule has 0 heterocycles. The second kappa shape index (κ2) is 6.48. The SMILES string of the molecule is CC=CCOc1ccc(C23CCC(CCC)(CC2)CC3)cc1. The summed E-state index contributed by atoms with van der Waals surface area (Å²) in [6, 6.07) is 8.97. The topological polar surface area (TPSA) is 9.23 Å². The number of allylic oxidation sites excluding steroid dienone is 1. The number of hydrogen-bond acceptors (Lipinski definition) is 1. The first-order chi connectivity index (χ1) is 10.7. The molecule has 1 aromatic rings. The van der Waals surface area contributed by atoms with Crippen LogP contribution in [0.25, 0.3) is 0 Å². The van der Waals surface area contributed by atoms with Gasteiger partial charge in [-0.05, 0) is 80.4 Å². The molecule has 3 saturated carbocycles. The van der Waals surface area contributed by atoms with Crippen molar-refractivity contribution in [2.45, 2.75) is 70.6 Å². The van der Waals surface area contributed by atoms with E-state index in [2.05, 4.69) is 31.2 Å². The molecular formula is C21H30O. The van der Waals surface area contributed by atoms with Crippen LogP contribution in [0.3, 0.4) is 0 Å². The van der Waals surface area contributed by atoms with Crippen molar-refractivity contribution in [3.8, 4) is 5.75 Å². The Bertz CT molecular complexity index is 487. The van der Waals surface area contributed by atoms with Crippen molar-refractivity contribution in [3.05, 3.63) is 42.0 Å². The molecule has 120 valence electrons. The molecule has 1 aromatic carbocycles. The molecule has 3 aliphatic rings. The highest BCUT2D eigenvalue weighted by Gasteiger charge is 2.48. The summed E-state index contributed by atoms with van der Waals surface area (Å²) in [5, 5.41) is 0. The second-order valence-electron chi connectivity index (χ2n) is 7.43. The molecule has 0 radical (unpaired) electrons. The Hall–Kier alpha value is -1.24. The van der Waals surface area contributed by atoms with Gasteiger partial charge in [0, 0.05) is 0 Å². The molecule has 0 amide bonds. The zero-order valence-corrected chi connectivity index (χ0v) is 14.2. The van der Waals surface area contributed by atoms with E-state index in [1.54, 1.807) is 5.56 Å². The van der Waals surface area contributed by atoms with Gasteiger partial charge in [-0.15, -0.1) is 0 Å². The van der Waals surface area contributed by atoms with Crippen molar-refractivity contribution >= 4 is 0 Å². The first-order valence-electron chi connectivity index (χ1n) is 9.07. The maximum Gasteiger partial charge on any atom is 0.119 e. The quantitative estimate of drug-likeness (QED) is 0.582. The standard InChI is InChI=1S/C21H30O/c1-3-5-17-22-19-8-6-18(7-9-19)21-14-11-20(10-4-2,12-15-21)13-16-21/h3,5-9H,4,10-17H2,1-2H3.